The Hall–Kier alpha value is -3.24. The van der Waals surface area contributed by atoms with Crippen LogP contribution in [0.15, 0.2) is 47.6 Å². The summed E-state index contributed by atoms with van der Waals surface area (Å²) in [4.78, 5) is 28.5. The molecule has 0 spiro atoms. The van der Waals surface area contributed by atoms with Gasteiger partial charge in [0.1, 0.15) is 0 Å². The minimum atomic E-state index is -3.62. The monoisotopic (exact) mass is 523 g/mol. The van der Waals surface area contributed by atoms with E-state index in [-0.39, 0.29) is 22.6 Å². The molecule has 2 amide bonds. The molecule has 37 heavy (non-hydrogen) atoms. The van der Waals surface area contributed by atoms with Gasteiger partial charge in [-0.3, -0.25) is 9.59 Å². The summed E-state index contributed by atoms with van der Waals surface area (Å²) in [5, 5.41) is 4.35. The van der Waals surface area contributed by atoms with E-state index in [1.807, 2.05) is 32.2 Å². The fraction of sp³-hybridized carbons (Fsp3) is 0.444. The van der Waals surface area contributed by atoms with Gasteiger partial charge in [0.2, 0.25) is 15.9 Å². The normalized spacial score (nSPS) is 16.8. The van der Waals surface area contributed by atoms with Crippen molar-refractivity contribution in [3.63, 3.8) is 0 Å². The number of rotatable bonds is 6. The van der Waals surface area contributed by atoms with Crippen LogP contribution >= 0.6 is 0 Å². The number of anilines is 1. The third-order valence-electron chi connectivity index (χ3n) is 7.72. The van der Waals surface area contributed by atoms with Crippen LogP contribution < -0.4 is 4.90 Å². The number of piperidine rings is 1. The van der Waals surface area contributed by atoms with Gasteiger partial charge < -0.3 is 9.80 Å². The summed E-state index contributed by atoms with van der Waals surface area (Å²) in [6, 6.07) is 9.13. The molecule has 2 aliphatic rings. The van der Waals surface area contributed by atoms with Crippen LogP contribution in [0.3, 0.4) is 0 Å². The molecule has 0 atom stereocenters. The highest BCUT2D eigenvalue weighted by Gasteiger charge is 2.32. The van der Waals surface area contributed by atoms with Crippen molar-refractivity contribution in [3.05, 3.63) is 59.4 Å². The Labute approximate surface area is 217 Å². The first-order chi connectivity index (χ1) is 17.7. The zero-order valence-electron chi connectivity index (χ0n) is 21.6. The van der Waals surface area contributed by atoms with E-state index in [0.717, 1.165) is 22.3 Å². The maximum Gasteiger partial charge on any atom is 0.257 e. The van der Waals surface area contributed by atoms with Gasteiger partial charge >= 0.3 is 0 Å². The van der Waals surface area contributed by atoms with Gasteiger partial charge in [-0.15, -0.1) is 0 Å². The first-order valence-electron chi connectivity index (χ1n) is 12.9. The average molecular weight is 524 g/mol. The second-order valence-electron chi connectivity index (χ2n) is 9.72. The van der Waals surface area contributed by atoms with Gasteiger partial charge in [-0.05, 0) is 80.5 Å². The summed E-state index contributed by atoms with van der Waals surface area (Å²) in [5.74, 6) is 0.140. The highest BCUT2D eigenvalue weighted by atomic mass is 32.2. The Morgan fingerprint density at radius 2 is 1.78 bits per heavy atom. The number of pyridine rings is 1. The number of carbonyl (C=O) groups excluding carboxylic acids is 2. The Bertz CT molecular complexity index is 1450. The van der Waals surface area contributed by atoms with E-state index in [4.69, 9.17) is 0 Å². The maximum absolute atomic E-state index is 13.4. The number of nitrogens with zero attached hydrogens (tertiary/aromatic N) is 5. The lowest BCUT2D eigenvalue weighted by Gasteiger charge is -2.31. The molecule has 2 aromatic heterocycles. The molecule has 0 bridgehead atoms. The molecule has 0 saturated carbocycles. The van der Waals surface area contributed by atoms with Crippen molar-refractivity contribution in [1.82, 2.24) is 18.8 Å². The summed E-state index contributed by atoms with van der Waals surface area (Å²) >= 11 is 0. The lowest BCUT2D eigenvalue weighted by Crippen LogP contribution is -2.38. The Balaban J connectivity index is 1.32. The van der Waals surface area contributed by atoms with Crippen LogP contribution in [0.1, 0.15) is 61.0 Å². The number of hydrogen-bond acceptors (Lipinski definition) is 5. The second-order valence-corrected chi connectivity index (χ2v) is 11.7. The molecule has 0 N–H and O–H groups in total. The predicted octanol–water partition coefficient (Wildman–Crippen LogP) is 3.29. The van der Waals surface area contributed by atoms with E-state index < -0.39 is 10.0 Å². The highest BCUT2D eigenvalue weighted by molar-refractivity contribution is 7.89. The third-order valence-corrected chi connectivity index (χ3v) is 9.61. The van der Waals surface area contributed by atoms with Gasteiger partial charge in [-0.2, -0.15) is 9.40 Å². The number of amides is 2. The number of carbonyl (C=O) groups is 2. The molecule has 0 aliphatic carbocycles. The maximum atomic E-state index is 13.4. The number of benzene rings is 1. The Morgan fingerprint density at radius 3 is 2.46 bits per heavy atom. The summed E-state index contributed by atoms with van der Waals surface area (Å²) in [7, 11) is -3.62. The van der Waals surface area contributed by atoms with E-state index in [1.54, 1.807) is 43.0 Å². The number of fused-ring (bicyclic) bond motifs is 2. The molecule has 0 radical (unpaired) electrons. The number of aromatic nitrogens is 2. The molecule has 1 fully saturated rings. The summed E-state index contributed by atoms with van der Waals surface area (Å²) in [5.41, 5.74) is 4.17. The number of hydrogen-bond donors (Lipinski definition) is 0. The van der Waals surface area contributed by atoms with Crippen LogP contribution in [-0.4, -0.2) is 71.8 Å². The van der Waals surface area contributed by atoms with Crippen molar-refractivity contribution in [2.45, 2.75) is 50.8 Å². The van der Waals surface area contributed by atoms with Gasteiger partial charge in [-0.1, -0.05) is 0 Å². The van der Waals surface area contributed by atoms with E-state index in [0.29, 0.717) is 57.5 Å². The molecule has 1 saturated heterocycles. The first kappa shape index (κ1) is 25.4. The molecule has 5 rings (SSSR count). The van der Waals surface area contributed by atoms with E-state index in [2.05, 4.69) is 5.10 Å². The third kappa shape index (κ3) is 4.53. The van der Waals surface area contributed by atoms with Crippen LogP contribution in [0.25, 0.3) is 5.52 Å². The van der Waals surface area contributed by atoms with Crippen LogP contribution in [0.4, 0.5) is 5.69 Å². The lowest BCUT2D eigenvalue weighted by molar-refractivity contribution is -0.116. The second kappa shape index (κ2) is 9.90. The summed E-state index contributed by atoms with van der Waals surface area (Å²) in [6.07, 6.45) is 5.57. The van der Waals surface area contributed by atoms with Crippen LogP contribution in [-0.2, 0) is 21.2 Å². The molecular weight excluding hydrogens is 490 g/mol. The smallest absolute Gasteiger partial charge is 0.257 e. The quantitative estimate of drug-likeness (QED) is 0.494. The van der Waals surface area contributed by atoms with Gasteiger partial charge in [-0.25, -0.2) is 12.9 Å². The molecule has 0 unspecified atom stereocenters. The van der Waals surface area contributed by atoms with Crippen molar-refractivity contribution < 1.29 is 18.0 Å². The highest BCUT2D eigenvalue weighted by Crippen LogP contribution is 2.34. The zero-order chi connectivity index (χ0) is 26.3. The minimum Gasteiger partial charge on any atom is -0.339 e. The molecule has 10 heteroatoms. The summed E-state index contributed by atoms with van der Waals surface area (Å²) in [6.45, 7) is 8.17. The van der Waals surface area contributed by atoms with E-state index >= 15 is 0 Å². The molecule has 4 heterocycles. The molecule has 2 aliphatic heterocycles. The number of sulfonamides is 1. The molecule has 3 aromatic rings. The SMILES string of the molecule is CCN(CC)C(=O)c1cnn2ccc(C3CCN(S(=O)(=O)c4ccc5c(c4)CCN5C(C)=O)CC3)cc12. The van der Waals surface area contributed by atoms with Gasteiger partial charge in [0.05, 0.1) is 22.2 Å². The fourth-order valence-electron chi connectivity index (χ4n) is 5.54. The fourth-order valence-corrected chi connectivity index (χ4v) is 7.06. The van der Waals surface area contributed by atoms with Crippen molar-refractivity contribution in [1.29, 1.82) is 0 Å². The predicted molar refractivity (Wildman–Crippen MR) is 141 cm³/mol. The van der Waals surface area contributed by atoms with Crippen LogP contribution in [0.5, 0.6) is 0 Å². The largest absolute Gasteiger partial charge is 0.339 e. The molecule has 9 nitrogen and oxygen atoms in total. The topological polar surface area (TPSA) is 95.3 Å². The molecular formula is C27H33N5O4S. The molecule has 1 aromatic carbocycles. The van der Waals surface area contributed by atoms with Gasteiger partial charge in [0, 0.05) is 51.5 Å². The standard InChI is InChI=1S/C27H33N5O4S/c1-4-29(5-2)27(34)24-18-28-32-15-11-21(17-26(24)32)20-8-12-30(13-9-20)37(35,36)23-6-7-25-22(16-23)10-14-31(25)19(3)33/h6-7,11,15-18,20H,4-5,8-10,12-14H2,1-3H3. The van der Waals surface area contributed by atoms with Crippen molar-refractivity contribution in [2.75, 3.05) is 37.6 Å². The van der Waals surface area contributed by atoms with Gasteiger partial charge in [0.15, 0.2) is 0 Å². The zero-order valence-corrected chi connectivity index (χ0v) is 22.4. The van der Waals surface area contributed by atoms with Crippen molar-refractivity contribution in [3.8, 4) is 0 Å². The lowest BCUT2D eigenvalue weighted by atomic mass is 9.90. The van der Waals surface area contributed by atoms with E-state index in [9.17, 15) is 18.0 Å². The Morgan fingerprint density at radius 1 is 1.05 bits per heavy atom. The Kier molecular flexibility index (Phi) is 6.80. The van der Waals surface area contributed by atoms with Crippen LogP contribution in [0.2, 0.25) is 0 Å². The average Bonchev–Trinajstić information content (AvgIpc) is 3.53. The van der Waals surface area contributed by atoms with Gasteiger partial charge in [0.25, 0.3) is 5.91 Å². The first-order valence-corrected chi connectivity index (χ1v) is 14.4. The van der Waals surface area contributed by atoms with E-state index in [1.165, 1.54) is 6.92 Å². The van der Waals surface area contributed by atoms with Crippen LogP contribution in [0, 0.1) is 0 Å². The van der Waals surface area contributed by atoms with Crippen molar-refractivity contribution >= 4 is 33.0 Å². The minimum absolute atomic E-state index is 0.0289. The van der Waals surface area contributed by atoms with Crippen molar-refractivity contribution in [2.24, 2.45) is 0 Å². The molecule has 196 valence electrons. The summed E-state index contributed by atoms with van der Waals surface area (Å²) < 4.78 is 30.1.